The van der Waals surface area contributed by atoms with E-state index in [0.717, 1.165) is 19.2 Å². The molecular formula is C18H24ClF3N2O. The number of halogens is 4. The minimum Gasteiger partial charge on any atom is -0.339 e. The molecule has 0 aliphatic carbocycles. The molecule has 3 rings (SSSR count). The molecule has 1 aromatic rings. The number of hydrogen-bond acceptors (Lipinski definition) is 2. The molecule has 3 nitrogen and oxygen atoms in total. The summed E-state index contributed by atoms with van der Waals surface area (Å²) in [7, 11) is 0. The highest BCUT2D eigenvalue weighted by molar-refractivity contribution is 5.87. The van der Waals surface area contributed by atoms with Crippen molar-refractivity contribution in [2.45, 2.75) is 44.8 Å². The van der Waals surface area contributed by atoms with Crippen LogP contribution in [0.15, 0.2) is 24.3 Å². The summed E-state index contributed by atoms with van der Waals surface area (Å²) in [6.45, 7) is 5.88. The van der Waals surface area contributed by atoms with Gasteiger partial charge in [-0.15, -0.1) is 12.4 Å². The SMILES string of the molecule is CC(C)N1CC(c2cccc(C(F)(F)F)c2)C2(CCNCC2)C1=O.Cl. The number of amides is 1. The van der Waals surface area contributed by atoms with Gasteiger partial charge >= 0.3 is 6.18 Å². The van der Waals surface area contributed by atoms with Crippen molar-refractivity contribution in [3.8, 4) is 0 Å². The Morgan fingerprint density at radius 1 is 1.24 bits per heavy atom. The Morgan fingerprint density at radius 2 is 1.88 bits per heavy atom. The van der Waals surface area contributed by atoms with Gasteiger partial charge in [-0.05, 0) is 51.4 Å². The molecule has 1 unspecified atom stereocenters. The number of likely N-dealkylation sites (tertiary alicyclic amines) is 1. The molecule has 0 radical (unpaired) electrons. The quantitative estimate of drug-likeness (QED) is 0.850. The maximum atomic E-state index is 13.1. The molecule has 0 saturated carbocycles. The Morgan fingerprint density at radius 3 is 2.44 bits per heavy atom. The topological polar surface area (TPSA) is 32.3 Å². The largest absolute Gasteiger partial charge is 0.416 e. The van der Waals surface area contributed by atoms with E-state index in [9.17, 15) is 18.0 Å². The molecule has 2 aliphatic rings. The Kier molecular flexibility index (Phi) is 5.74. The molecule has 2 aliphatic heterocycles. The minimum absolute atomic E-state index is 0. The van der Waals surface area contributed by atoms with Crippen LogP contribution in [0.2, 0.25) is 0 Å². The van der Waals surface area contributed by atoms with Gasteiger partial charge in [-0.2, -0.15) is 13.2 Å². The van der Waals surface area contributed by atoms with Gasteiger partial charge in [-0.3, -0.25) is 4.79 Å². The number of carbonyl (C=O) groups is 1. The number of rotatable bonds is 2. The molecule has 1 atom stereocenters. The van der Waals surface area contributed by atoms with E-state index in [2.05, 4.69) is 5.32 Å². The second-order valence-corrected chi connectivity index (χ2v) is 7.13. The van der Waals surface area contributed by atoms with Crippen LogP contribution in [0, 0.1) is 5.41 Å². The molecule has 2 heterocycles. The van der Waals surface area contributed by atoms with Crippen LogP contribution in [0.3, 0.4) is 0 Å². The Bertz CT molecular complexity index is 627. The van der Waals surface area contributed by atoms with Crippen molar-refractivity contribution in [3.63, 3.8) is 0 Å². The number of benzene rings is 1. The summed E-state index contributed by atoms with van der Waals surface area (Å²) in [6.07, 6.45) is -3.01. The van der Waals surface area contributed by atoms with Crippen LogP contribution in [-0.2, 0) is 11.0 Å². The van der Waals surface area contributed by atoms with E-state index in [1.54, 1.807) is 6.07 Å². The van der Waals surface area contributed by atoms with E-state index in [4.69, 9.17) is 0 Å². The lowest BCUT2D eigenvalue weighted by Crippen LogP contribution is -2.45. The van der Waals surface area contributed by atoms with Crippen LogP contribution < -0.4 is 5.32 Å². The average Bonchev–Trinajstić information content (AvgIpc) is 2.81. The first-order valence-electron chi connectivity index (χ1n) is 8.44. The van der Waals surface area contributed by atoms with Crippen molar-refractivity contribution < 1.29 is 18.0 Å². The van der Waals surface area contributed by atoms with Crippen LogP contribution in [0.5, 0.6) is 0 Å². The lowest BCUT2D eigenvalue weighted by atomic mass is 9.68. The number of alkyl halides is 3. The van der Waals surface area contributed by atoms with Crippen LogP contribution in [-0.4, -0.2) is 36.5 Å². The monoisotopic (exact) mass is 376 g/mol. The zero-order valence-corrected chi connectivity index (χ0v) is 15.2. The summed E-state index contributed by atoms with van der Waals surface area (Å²) in [5.74, 6) is -0.0850. The smallest absolute Gasteiger partial charge is 0.339 e. The molecule has 7 heteroatoms. The maximum absolute atomic E-state index is 13.1. The molecule has 1 amide bonds. The average molecular weight is 377 g/mol. The summed E-state index contributed by atoms with van der Waals surface area (Å²) >= 11 is 0. The van der Waals surface area contributed by atoms with Gasteiger partial charge in [0, 0.05) is 18.5 Å². The van der Waals surface area contributed by atoms with E-state index in [-0.39, 0.29) is 30.3 Å². The van der Waals surface area contributed by atoms with Gasteiger partial charge in [-0.1, -0.05) is 18.2 Å². The lowest BCUT2D eigenvalue weighted by Gasteiger charge is -2.37. The molecular weight excluding hydrogens is 353 g/mol. The lowest BCUT2D eigenvalue weighted by molar-refractivity contribution is -0.139. The van der Waals surface area contributed by atoms with Gasteiger partial charge in [0.25, 0.3) is 0 Å². The summed E-state index contributed by atoms with van der Waals surface area (Å²) in [5.41, 5.74) is -0.581. The van der Waals surface area contributed by atoms with Crippen molar-refractivity contribution in [3.05, 3.63) is 35.4 Å². The van der Waals surface area contributed by atoms with Gasteiger partial charge in [0.2, 0.25) is 5.91 Å². The normalized spacial score (nSPS) is 23.2. The van der Waals surface area contributed by atoms with E-state index >= 15 is 0 Å². The molecule has 2 fully saturated rings. The predicted molar refractivity (Wildman–Crippen MR) is 92.8 cm³/mol. The van der Waals surface area contributed by atoms with Gasteiger partial charge in [0.1, 0.15) is 0 Å². The Balaban J connectivity index is 0.00000225. The standard InChI is InChI=1S/C18H23F3N2O.ClH/c1-12(2)23-11-15(17(16(23)24)6-8-22-9-7-17)13-4-3-5-14(10-13)18(19,20)21;/h3-5,10,12,15,22H,6-9,11H2,1-2H3;1H. The second kappa shape index (κ2) is 7.16. The molecule has 1 spiro atoms. The summed E-state index contributed by atoms with van der Waals surface area (Å²) in [6, 6.07) is 5.57. The Labute approximate surface area is 152 Å². The Hall–Kier alpha value is -1.27. The minimum atomic E-state index is -4.36. The summed E-state index contributed by atoms with van der Waals surface area (Å²) in [5, 5.41) is 3.26. The van der Waals surface area contributed by atoms with E-state index in [0.29, 0.717) is 24.9 Å². The van der Waals surface area contributed by atoms with Crippen molar-refractivity contribution in [1.29, 1.82) is 0 Å². The maximum Gasteiger partial charge on any atom is 0.416 e. The molecule has 2 saturated heterocycles. The van der Waals surface area contributed by atoms with Crippen LogP contribution in [0.25, 0.3) is 0 Å². The number of piperidine rings is 1. The van der Waals surface area contributed by atoms with Crippen molar-refractivity contribution in [1.82, 2.24) is 10.2 Å². The highest BCUT2D eigenvalue weighted by atomic mass is 35.5. The van der Waals surface area contributed by atoms with Crippen LogP contribution >= 0.6 is 12.4 Å². The van der Waals surface area contributed by atoms with Gasteiger partial charge in [0.05, 0.1) is 11.0 Å². The first kappa shape index (κ1) is 20.0. The molecule has 140 valence electrons. The van der Waals surface area contributed by atoms with Crippen LogP contribution in [0.4, 0.5) is 13.2 Å². The number of carbonyl (C=O) groups excluding carboxylic acids is 1. The molecule has 0 aromatic heterocycles. The fraction of sp³-hybridized carbons (Fsp3) is 0.611. The first-order valence-corrected chi connectivity index (χ1v) is 8.44. The van der Waals surface area contributed by atoms with Gasteiger partial charge < -0.3 is 10.2 Å². The second-order valence-electron chi connectivity index (χ2n) is 7.13. The predicted octanol–water partition coefficient (Wildman–Crippen LogP) is 3.83. The van der Waals surface area contributed by atoms with E-state index in [1.165, 1.54) is 12.1 Å². The molecule has 1 N–H and O–H groups in total. The highest BCUT2D eigenvalue weighted by Gasteiger charge is 2.55. The van der Waals surface area contributed by atoms with Crippen molar-refractivity contribution in [2.24, 2.45) is 5.41 Å². The van der Waals surface area contributed by atoms with E-state index in [1.807, 2.05) is 18.7 Å². The summed E-state index contributed by atoms with van der Waals surface area (Å²) in [4.78, 5) is 14.9. The highest BCUT2D eigenvalue weighted by Crippen LogP contribution is 2.50. The fourth-order valence-electron chi connectivity index (χ4n) is 4.13. The summed E-state index contributed by atoms with van der Waals surface area (Å²) < 4.78 is 39.2. The zero-order chi connectivity index (χ0) is 17.5. The third-order valence-electron chi connectivity index (χ3n) is 5.47. The van der Waals surface area contributed by atoms with Crippen LogP contribution in [0.1, 0.15) is 43.7 Å². The fourth-order valence-corrected chi connectivity index (χ4v) is 4.13. The van der Waals surface area contributed by atoms with Gasteiger partial charge in [0.15, 0.2) is 0 Å². The molecule has 0 bridgehead atoms. The zero-order valence-electron chi connectivity index (χ0n) is 14.4. The van der Waals surface area contributed by atoms with Crippen molar-refractivity contribution >= 4 is 18.3 Å². The molecule has 25 heavy (non-hydrogen) atoms. The first-order chi connectivity index (χ1) is 11.3. The third kappa shape index (κ3) is 3.51. The van der Waals surface area contributed by atoms with Gasteiger partial charge in [-0.25, -0.2) is 0 Å². The van der Waals surface area contributed by atoms with Crippen molar-refractivity contribution in [2.75, 3.05) is 19.6 Å². The molecule has 1 aromatic carbocycles. The third-order valence-corrected chi connectivity index (χ3v) is 5.47. The number of nitrogens with zero attached hydrogens (tertiary/aromatic N) is 1. The number of hydrogen-bond donors (Lipinski definition) is 1. The number of nitrogens with one attached hydrogen (secondary N) is 1. The van der Waals surface area contributed by atoms with E-state index < -0.39 is 17.2 Å².